The van der Waals surface area contributed by atoms with Crippen LogP contribution in [-0.4, -0.2) is 69.5 Å². The molecule has 3 aliphatic rings. The van der Waals surface area contributed by atoms with Crippen molar-refractivity contribution in [2.24, 2.45) is 11.8 Å². The van der Waals surface area contributed by atoms with E-state index in [1.165, 1.54) is 0 Å². The van der Waals surface area contributed by atoms with Gasteiger partial charge in [0.15, 0.2) is 0 Å². The number of rotatable bonds is 10. The molecule has 1 aromatic carbocycles. The molecular weight excluding hydrogens is 502 g/mol. The molecule has 4 unspecified atom stereocenters. The van der Waals surface area contributed by atoms with Gasteiger partial charge in [0.2, 0.25) is 17.7 Å². The summed E-state index contributed by atoms with van der Waals surface area (Å²) >= 11 is 3.68. The summed E-state index contributed by atoms with van der Waals surface area (Å²) in [4.78, 5) is 42.2. The van der Waals surface area contributed by atoms with Crippen molar-refractivity contribution in [3.63, 3.8) is 0 Å². The number of carbonyl (C=O) groups is 3. The molecule has 2 bridgehead atoms. The molecule has 3 amide bonds. The standard InChI is InChI=1S/C25H34BrN3O5/c1-3-9-15(2)27-23(32)21-25-14-17(26)20(34-25)18(22(31)28-16-10-5-4-6-11-16)19(25)24(33)29(21)12-7-8-13-30/h4-6,10-11,15,17-21,30H,3,7-9,12-14H2,1-2H3,(H,27,32)(H,28,31)/t15?,17?,18-,19+,20-,21?,25?/m1/s1. The lowest BCUT2D eigenvalue weighted by atomic mass is 9.70. The molecule has 186 valence electrons. The fourth-order valence-corrected chi connectivity index (χ4v) is 6.88. The van der Waals surface area contributed by atoms with Gasteiger partial charge in [-0.25, -0.2) is 0 Å². The maximum atomic E-state index is 13.8. The minimum Gasteiger partial charge on any atom is -0.396 e. The Kier molecular flexibility index (Phi) is 7.64. The number of ether oxygens (including phenoxy) is 1. The average Bonchev–Trinajstić information content (AvgIpc) is 3.38. The third kappa shape index (κ3) is 4.38. The van der Waals surface area contributed by atoms with Gasteiger partial charge in [0.05, 0.1) is 17.9 Å². The van der Waals surface area contributed by atoms with Gasteiger partial charge in [0.1, 0.15) is 11.6 Å². The number of unbranched alkanes of at least 4 members (excludes halogenated alkanes) is 1. The van der Waals surface area contributed by atoms with Gasteiger partial charge in [0.25, 0.3) is 0 Å². The number of aliphatic hydroxyl groups excluding tert-OH is 1. The lowest BCUT2D eigenvalue weighted by Gasteiger charge is -2.34. The van der Waals surface area contributed by atoms with Gasteiger partial charge >= 0.3 is 0 Å². The number of anilines is 1. The third-order valence-electron chi connectivity index (χ3n) is 7.30. The number of benzene rings is 1. The Morgan fingerprint density at radius 2 is 2.00 bits per heavy atom. The highest BCUT2D eigenvalue weighted by atomic mass is 79.9. The fourth-order valence-electron chi connectivity index (χ4n) is 5.94. The predicted molar refractivity (Wildman–Crippen MR) is 131 cm³/mol. The molecule has 7 atom stereocenters. The van der Waals surface area contributed by atoms with Crippen LogP contribution < -0.4 is 10.6 Å². The monoisotopic (exact) mass is 535 g/mol. The van der Waals surface area contributed by atoms with Crippen LogP contribution in [0.3, 0.4) is 0 Å². The second kappa shape index (κ2) is 10.3. The minimum absolute atomic E-state index is 0.0190. The van der Waals surface area contributed by atoms with Crippen LogP contribution in [0.25, 0.3) is 0 Å². The number of carbonyl (C=O) groups excluding carboxylic acids is 3. The summed E-state index contributed by atoms with van der Waals surface area (Å²) in [6.45, 7) is 4.38. The number of nitrogens with zero attached hydrogens (tertiary/aromatic N) is 1. The van der Waals surface area contributed by atoms with Crippen molar-refractivity contribution in [3.8, 4) is 0 Å². The van der Waals surface area contributed by atoms with E-state index in [-0.39, 0.29) is 35.2 Å². The van der Waals surface area contributed by atoms with E-state index in [1.807, 2.05) is 25.1 Å². The number of hydrogen-bond acceptors (Lipinski definition) is 5. The number of alkyl halides is 1. The molecule has 3 aliphatic heterocycles. The maximum Gasteiger partial charge on any atom is 0.246 e. The maximum absolute atomic E-state index is 13.8. The highest BCUT2D eigenvalue weighted by Gasteiger charge is 2.76. The van der Waals surface area contributed by atoms with Crippen molar-refractivity contribution >= 4 is 39.3 Å². The van der Waals surface area contributed by atoms with E-state index in [4.69, 9.17) is 4.74 Å². The molecule has 0 saturated carbocycles. The molecule has 3 N–H and O–H groups in total. The molecule has 3 fully saturated rings. The highest BCUT2D eigenvalue weighted by molar-refractivity contribution is 9.09. The van der Waals surface area contributed by atoms with Gasteiger partial charge in [-0.05, 0) is 44.7 Å². The first-order valence-corrected chi connectivity index (χ1v) is 13.1. The molecule has 1 spiro atoms. The number of amides is 3. The van der Waals surface area contributed by atoms with Crippen LogP contribution in [0.1, 0.15) is 46.0 Å². The van der Waals surface area contributed by atoms with Crippen LogP contribution in [0.5, 0.6) is 0 Å². The highest BCUT2D eigenvalue weighted by Crippen LogP contribution is 2.60. The Labute approximate surface area is 208 Å². The van der Waals surface area contributed by atoms with Crippen molar-refractivity contribution in [1.82, 2.24) is 10.2 Å². The number of nitrogens with one attached hydrogen (secondary N) is 2. The Morgan fingerprint density at radius 1 is 1.26 bits per heavy atom. The summed E-state index contributed by atoms with van der Waals surface area (Å²) in [6, 6.07) is 8.31. The van der Waals surface area contributed by atoms with Crippen LogP contribution in [0.15, 0.2) is 30.3 Å². The second-order valence-electron chi connectivity index (χ2n) is 9.68. The number of likely N-dealkylation sites (tertiary alicyclic amines) is 1. The fraction of sp³-hybridized carbons (Fsp3) is 0.640. The van der Waals surface area contributed by atoms with E-state index >= 15 is 0 Å². The van der Waals surface area contributed by atoms with Gasteiger partial charge in [0, 0.05) is 29.7 Å². The normalized spacial score (nSPS) is 32.5. The van der Waals surface area contributed by atoms with Crippen LogP contribution in [0.2, 0.25) is 0 Å². The SMILES string of the molecule is CCCC(C)NC(=O)C1N(CCCCO)C(=O)[C@@H]2[C@@H](C(=O)Nc3ccccc3)[C@@H]3OC12CC3Br. The number of hydrogen-bond donors (Lipinski definition) is 3. The summed E-state index contributed by atoms with van der Waals surface area (Å²) < 4.78 is 6.47. The van der Waals surface area contributed by atoms with Crippen LogP contribution >= 0.6 is 15.9 Å². The van der Waals surface area contributed by atoms with E-state index in [0.717, 1.165) is 12.8 Å². The Hall–Kier alpha value is -1.97. The molecule has 34 heavy (non-hydrogen) atoms. The van der Waals surface area contributed by atoms with Gasteiger partial charge in [-0.15, -0.1) is 0 Å². The molecule has 1 aromatic rings. The summed E-state index contributed by atoms with van der Waals surface area (Å²) in [5, 5.41) is 15.3. The van der Waals surface area contributed by atoms with Gasteiger partial charge < -0.3 is 25.4 Å². The molecule has 0 aliphatic carbocycles. The Balaban J connectivity index is 1.65. The minimum atomic E-state index is -1.05. The summed E-state index contributed by atoms with van der Waals surface area (Å²) in [5.41, 5.74) is -0.396. The van der Waals surface area contributed by atoms with E-state index in [2.05, 4.69) is 33.5 Å². The third-order valence-corrected chi connectivity index (χ3v) is 8.14. The summed E-state index contributed by atoms with van der Waals surface area (Å²) in [7, 11) is 0. The Bertz CT molecular complexity index is 915. The second-order valence-corrected chi connectivity index (χ2v) is 10.9. The van der Waals surface area contributed by atoms with Gasteiger partial charge in [-0.2, -0.15) is 0 Å². The van der Waals surface area contributed by atoms with Gasteiger partial charge in [-0.1, -0.05) is 47.5 Å². The zero-order valence-electron chi connectivity index (χ0n) is 19.7. The number of para-hydroxylation sites is 1. The van der Waals surface area contributed by atoms with E-state index in [1.54, 1.807) is 17.0 Å². The molecule has 3 heterocycles. The molecular formula is C25H34BrN3O5. The van der Waals surface area contributed by atoms with Gasteiger partial charge in [-0.3, -0.25) is 14.4 Å². The molecule has 3 saturated heterocycles. The lowest BCUT2D eigenvalue weighted by molar-refractivity contribution is -0.141. The molecule has 0 radical (unpaired) electrons. The molecule has 9 heteroatoms. The first-order chi connectivity index (χ1) is 16.3. The zero-order valence-corrected chi connectivity index (χ0v) is 21.3. The lowest BCUT2D eigenvalue weighted by Crippen LogP contribution is -2.57. The van der Waals surface area contributed by atoms with Crippen molar-refractivity contribution in [1.29, 1.82) is 0 Å². The predicted octanol–water partition coefficient (Wildman–Crippen LogP) is 2.45. The van der Waals surface area contributed by atoms with E-state index in [0.29, 0.717) is 31.5 Å². The first-order valence-electron chi connectivity index (χ1n) is 12.2. The number of aliphatic hydroxyl groups is 1. The molecule has 8 nitrogen and oxygen atoms in total. The topological polar surface area (TPSA) is 108 Å². The quantitative estimate of drug-likeness (QED) is 0.315. The van der Waals surface area contributed by atoms with Crippen molar-refractivity contribution < 1.29 is 24.2 Å². The number of fused-ring (bicyclic) bond motifs is 1. The van der Waals surface area contributed by atoms with Crippen molar-refractivity contribution in [3.05, 3.63) is 30.3 Å². The summed E-state index contributed by atoms with van der Waals surface area (Å²) in [5.74, 6) is -2.13. The van der Waals surface area contributed by atoms with Crippen molar-refractivity contribution in [2.45, 2.75) is 74.6 Å². The van der Waals surface area contributed by atoms with E-state index < -0.39 is 29.6 Å². The molecule has 0 aromatic heterocycles. The zero-order chi connectivity index (χ0) is 24.5. The van der Waals surface area contributed by atoms with E-state index in [9.17, 15) is 19.5 Å². The average molecular weight is 536 g/mol. The smallest absolute Gasteiger partial charge is 0.246 e. The first kappa shape index (κ1) is 25.1. The van der Waals surface area contributed by atoms with Crippen LogP contribution in [0.4, 0.5) is 5.69 Å². The number of halogens is 1. The summed E-state index contributed by atoms with van der Waals surface area (Å²) in [6.07, 6.45) is 2.87. The Morgan fingerprint density at radius 3 is 2.68 bits per heavy atom. The molecule has 4 rings (SSSR count). The largest absolute Gasteiger partial charge is 0.396 e. The van der Waals surface area contributed by atoms with Crippen LogP contribution in [0, 0.1) is 11.8 Å². The van der Waals surface area contributed by atoms with Crippen LogP contribution in [-0.2, 0) is 19.1 Å². The van der Waals surface area contributed by atoms with Crippen molar-refractivity contribution in [2.75, 3.05) is 18.5 Å².